The molecule has 1 heterocycles. The van der Waals surface area contributed by atoms with Gasteiger partial charge in [-0.2, -0.15) is 0 Å². The number of hydrogen-bond acceptors (Lipinski definition) is 6. The molecule has 5 atom stereocenters. The van der Waals surface area contributed by atoms with Crippen LogP contribution < -0.4 is 0 Å². The van der Waals surface area contributed by atoms with E-state index < -0.39 is 30.7 Å². The summed E-state index contributed by atoms with van der Waals surface area (Å²) in [7, 11) is 4.46. The maximum atomic E-state index is 9.60. The van der Waals surface area contributed by atoms with Crippen molar-refractivity contribution in [2.45, 2.75) is 30.7 Å². The Labute approximate surface area is 88.7 Å². The predicted octanol–water partition coefficient (Wildman–Crippen LogP) is -1.26. The zero-order valence-electron chi connectivity index (χ0n) is 9.12. The average molecular weight is 222 g/mol. The summed E-state index contributed by atoms with van der Waals surface area (Å²) < 4.78 is 20.3. The van der Waals surface area contributed by atoms with E-state index in [0.29, 0.717) is 0 Å². The lowest BCUT2D eigenvalue weighted by molar-refractivity contribution is -0.295. The summed E-state index contributed by atoms with van der Waals surface area (Å²) in [4.78, 5) is 0. The third-order valence-corrected chi connectivity index (χ3v) is 2.51. The lowest BCUT2D eigenvalue weighted by Crippen LogP contribution is -2.59. The number of methoxy groups -OCH3 is 3. The molecule has 1 saturated heterocycles. The van der Waals surface area contributed by atoms with Crippen molar-refractivity contribution < 1.29 is 29.2 Å². The van der Waals surface area contributed by atoms with E-state index in [0.717, 1.165) is 0 Å². The van der Waals surface area contributed by atoms with Crippen LogP contribution in [-0.2, 0) is 18.9 Å². The van der Waals surface area contributed by atoms with E-state index in [1.165, 1.54) is 21.3 Å². The maximum Gasteiger partial charge on any atom is 0.184 e. The van der Waals surface area contributed by atoms with Crippen molar-refractivity contribution in [2.24, 2.45) is 0 Å². The van der Waals surface area contributed by atoms with Gasteiger partial charge in [0.25, 0.3) is 0 Å². The quantitative estimate of drug-likeness (QED) is 0.618. The maximum absolute atomic E-state index is 9.60. The number of ether oxygens (including phenoxy) is 4. The summed E-state index contributed by atoms with van der Waals surface area (Å²) in [5.41, 5.74) is 0. The van der Waals surface area contributed by atoms with E-state index in [4.69, 9.17) is 18.9 Å². The molecule has 6 nitrogen and oxygen atoms in total. The molecule has 15 heavy (non-hydrogen) atoms. The highest BCUT2D eigenvalue weighted by molar-refractivity contribution is 4.90. The highest BCUT2D eigenvalue weighted by atomic mass is 16.7. The first kappa shape index (κ1) is 12.8. The molecule has 1 aliphatic heterocycles. The molecule has 0 aliphatic carbocycles. The van der Waals surface area contributed by atoms with Crippen molar-refractivity contribution in [3.8, 4) is 0 Å². The summed E-state index contributed by atoms with van der Waals surface area (Å²) in [5.74, 6) is 0. The molecule has 0 unspecified atom stereocenters. The van der Waals surface area contributed by atoms with Crippen LogP contribution >= 0.6 is 0 Å². The molecule has 2 N–H and O–H groups in total. The van der Waals surface area contributed by atoms with Crippen molar-refractivity contribution in [2.75, 3.05) is 27.9 Å². The van der Waals surface area contributed by atoms with E-state index in [1.807, 2.05) is 0 Å². The summed E-state index contributed by atoms with van der Waals surface area (Å²) >= 11 is 0. The third kappa shape index (κ3) is 2.66. The first-order chi connectivity index (χ1) is 7.15. The van der Waals surface area contributed by atoms with Crippen molar-refractivity contribution >= 4 is 0 Å². The topological polar surface area (TPSA) is 77.4 Å². The predicted molar refractivity (Wildman–Crippen MR) is 50.4 cm³/mol. The average Bonchev–Trinajstić information content (AvgIpc) is 2.23. The van der Waals surface area contributed by atoms with Gasteiger partial charge in [0.2, 0.25) is 0 Å². The number of aliphatic hydroxyl groups excluding tert-OH is 2. The standard InChI is InChI=1S/C9H18O6/c1-12-4-5-7(13-2)8(14-3)6(10)9(11)15-5/h5-11H,4H2,1-3H3/t5-,6-,7-,8-,9-/m1/s1. The molecule has 0 aromatic carbocycles. The van der Waals surface area contributed by atoms with E-state index >= 15 is 0 Å². The Morgan fingerprint density at radius 3 is 2.13 bits per heavy atom. The van der Waals surface area contributed by atoms with E-state index in [1.54, 1.807) is 0 Å². The first-order valence-corrected chi connectivity index (χ1v) is 4.71. The molecule has 0 saturated carbocycles. The lowest BCUT2D eigenvalue weighted by Gasteiger charge is -2.41. The molecule has 0 bridgehead atoms. The van der Waals surface area contributed by atoms with Crippen molar-refractivity contribution in [1.82, 2.24) is 0 Å². The highest BCUT2D eigenvalue weighted by Crippen LogP contribution is 2.24. The summed E-state index contributed by atoms with van der Waals surface area (Å²) in [6.07, 6.45) is -3.94. The summed E-state index contributed by atoms with van der Waals surface area (Å²) in [5, 5.41) is 19.0. The summed E-state index contributed by atoms with van der Waals surface area (Å²) in [6.45, 7) is 0.266. The largest absolute Gasteiger partial charge is 0.385 e. The van der Waals surface area contributed by atoms with Crippen LogP contribution in [0.3, 0.4) is 0 Å². The lowest BCUT2D eigenvalue weighted by atomic mass is 9.99. The van der Waals surface area contributed by atoms with Gasteiger partial charge in [-0.1, -0.05) is 0 Å². The zero-order valence-corrected chi connectivity index (χ0v) is 9.12. The molecular weight excluding hydrogens is 204 g/mol. The van der Waals surface area contributed by atoms with Gasteiger partial charge >= 0.3 is 0 Å². The van der Waals surface area contributed by atoms with Gasteiger partial charge in [0.05, 0.1) is 6.61 Å². The van der Waals surface area contributed by atoms with Gasteiger partial charge in [0.1, 0.15) is 24.4 Å². The van der Waals surface area contributed by atoms with Crippen LogP contribution in [0.5, 0.6) is 0 Å². The van der Waals surface area contributed by atoms with Crippen LogP contribution in [0.15, 0.2) is 0 Å². The fourth-order valence-electron chi connectivity index (χ4n) is 1.76. The summed E-state index contributed by atoms with van der Waals surface area (Å²) in [6, 6.07) is 0. The van der Waals surface area contributed by atoms with Crippen LogP contribution in [-0.4, -0.2) is 68.9 Å². The Hall–Kier alpha value is -0.240. The van der Waals surface area contributed by atoms with Crippen LogP contribution in [0, 0.1) is 0 Å². The van der Waals surface area contributed by atoms with Gasteiger partial charge in [-0.25, -0.2) is 0 Å². The molecule has 1 fully saturated rings. The molecule has 1 aliphatic rings. The zero-order chi connectivity index (χ0) is 11.4. The van der Waals surface area contributed by atoms with Gasteiger partial charge in [-0.3, -0.25) is 0 Å². The highest BCUT2D eigenvalue weighted by Gasteiger charge is 2.45. The van der Waals surface area contributed by atoms with Crippen LogP contribution in [0.25, 0.3) is 0 Å². The molecular formula is C9H18O6. The monoisotopic (exact) mass is 222 g/mol. The smallest absolute Gasteiger partial charge is 0.184 e. The van der Waals surface area contributed by atoms with Crippen LogP contribution in [0.4, 0.5) is 0 Å². The number of aliphatic hydroxyl groups is 2. The Balaban J connectivity index is 2.73. The van der Waals surface area contributed by atoms with Crippen molar-refractivity contribution in [3.63, 3.8) is 0 Å². The molecule has 1 rings (SSSR count). The van der Waals surface area contributed by atoms with Crippen molar-refractivity contribution in [3.05, 3.63) is 0 Å². The minimum absolute atomic E-state index is 0.266. The van der Waals surface area contributed by atoms with Gasteiger partial charge in [0, 0.05) is 21.3 Å². The molecule has 0 aromatic rings. The first-order valence-electron chi connectivity index (χ1n) is 4.71. The van der Waals surface area contributed by atoms with Crippen LogP contribution in [0.2, 0.25) is 0 Å². The fraction of sp³-hybridized carbons (Fsp3) is 1.00. The second-order valence-corrected chi connectivity index (χ2v) is 3.41. The minimum Gasteiger partial charge on any atom is -0.385 e. The molecule has 90 valence electrons. The minimum atomic E-state index is -1.28. The van der Waals surface area contributed by atoms with E-state index in [9.17, 15) is 10.2 Å². The normalized spacial score (nSPS) is 41.8. The Kier molecular flexibility index (Phi) is 4.91. The third-order valence-electron chi connectivity index (χ3n) is 2.51. The number of hydrogen-bond donors (Lipinski definition) is 2. The van der Waals surface area contributed by atoms with Crippen molar-refractivity contribution in [1.29, 1.82) is 0 Å². The molecule has 0 spiro atoms. The van der Waals surface area contributed by atoms with Gasteiger partial charge in [0.15, 0.2) is 6.29 Å². The SMILES string of the molecule is COC[C@H]1O[C@@H](O)[C@H](O)[C@@H](OC)[C@@H]1OC. The second kappa shape index (κ2) is 5.74. The Morgan fingerprint density at radius 1 is 1.07 bits per heavy atom. The van der Waals surface area contributed by atoms with Gasteiger partial charge < -0.3 is 29.2 Å². The van der Waals surface area contributed by atoms with E-state index in [2.05, 4.69) is 0 Å². The molecule has 0 amide bonds. The Morgan fingerprint density at radius 2 is 1.67 bits per heavy atom. The van der Waals surface area contributed by atoms with Gasteiger partial charge in [-0.05, 0) is 0 Å². The molecule has 0 aromatic heterocycles. The Bertz CT molecular complexity index is 187. The molecule has 6 heteroatoms. The van der Waals surface area contributed by atoms with Crippen LogP contribution in [0.1, 0.15) is 0 Å². The fourth-order valence-corrected chi connectivity index (χ4v) is 1.76. The number of rotatable bonds is 4. The van der Waals surface area contributed by atoms with E-state index in [-0.39, 0.29) is 6.61 Å². The molecule has 0 radical (unpaired) electrons. The second-order valence-electron chi connectivity index (χ2n) is 3.41. The van der Waals surface area contributed by atoms with Gasteiger partial charge in [-0.15, -0.1) is 0 Å².